The van der Waals surface area contributed by atoms with Crippen molar-refractivity contribution in [3.05, 3.63) is 45.6 Å². The second-order valence-corrected chi connectivity index (χ2v) is 5.48. The Hall–Kier alpha value is -1.86. The third kappa shape index (κ3) is 2.36. The van der Waals surface area contributed by atoms with Crippen LogP contribution in [-0.2, 0) is 6.54 Å². The molecule has 0 aliphatic carbocycles. The van der Waals surface area contributed by atoms with Gasteiger partial charge >= 0.3 is 0 Å². The Morgan fingerprint density at radius 2 is 2.17 bits per heavy atom. The van der Waals surface area contributed by atoms with Crippen molar-refractivity contribution in [2.24, 2.45) is 5.92 Å². The molecule has 2 aromatic rings. The van der Waals surface area contributed by atoms with Crippen molar-refractivity contribution in [1.82, 2.24) is 4.57 Å². The molecule has 0 N–H and O–H groups in total. The number of hydrogen-bond acceptors (Lipinski definition) is 3. The largest absolute Gasteiger partial charge is 0.306 e. The van der Waals surface area contributed by atoms with Gasteiger partial charge in [-0.15, -0.1) is 11.3 Å². The average molecular weight is 258 g/mol. The molecule has 0 aromatic carbocycles. The maximum absolute atomic E-state index is 12.2. The maximum atomic E-state index is 12.2. The zero-order valence-electron chi connectivity index (χ0n) is 10.4. The Morgan fingerprint density at radius 3 is 2.72 bits per heavy atom. The van der Waals surface area contributed by atoms with Gasteiger partial charge in [0, 0.05) is 6.54 Å². The summed E-state index contributed by atoms with van der Waals surface area (Å²) in [6.45, 7) is 4.75. The van der Waals surface area contributed by atoms with Crippen LogP contribution < -0.4 is 5.56 Å². The summed E-state index contributed by atoms with van der Waals surface area (Å²) in [6.07, 6.45) is 0. The van der Waals surface area contributed by atoms with Crippen LogP contribution in [0.2, 0.25) is 0 Å². The Bertz CT molecular complexity index is 633. The van der Waals surface area contributed by atoms with Crippen LogP contribution in [0.5, 0.6) is 0 Å². The zero-order chi connectivity index (χ0) is 13.1. The summed E-state index contributed by atoms with van der Waals surface area (Å²) in [5, 5.41) is 10.9. The Balaban J connectivity index is 2.64. The van der Waals surface area contributed by atoms with Gasteiger partial charge in [0.25, 0.3) is 5.56 Å². The first-order valence-corrected chi connectivity index (χ1v) is 6.69. The standard InChI is InChI=1S/C14H14N2OS/c1-10(2)9-16-12(13-4-3-7-18-13)6-5-11(8-15)14(16)17/h3-7,10H,9H2,1-2H3. The van der Waals surface area contributed by atoms with Gasteiger partial charge in [0.1, 0.15) is 11.6 Å². The van der Waals surface area contributed by atoms with Gasteiger partial charge in [0.2, 0.25) is 0 Å². The van der Waals surface area contributed by atoms with Gasteiger partial charge in [0.15, 0.2) is 0 Å². The fraction of sp³-hybridized carbons (Fsp3) is 0.286. The van der Waals surface area contributed by atoms with Crippen molar-refractivity contribution in [2.75, 3.05) is 0 Å². The summed E-state index contributed by atoms with van der Waals surface area (Å²) in [7, 11) is 0. The van der Waals surface area contributed by atoms with Crippen molar-refractivity contribution in [1.29, 1.82) is 5.26 Å². The minimum absolute atomic E-state index is 0.197. The number of hydrogen-bond donors (Lipinski definition) is 0. The molecule has 2 heterocycles. The third-order valence-corrected chi connectivity index (χ3v) is 3.51. The topological polar surface area (TPSA) is 45.8 Å². The predicted octanol–water partition coefficient (Wildman–Crippen LogP) is 3.10. The molecule has 0 saturated carbocycles. The van der Waals surface area contributed by atoms with E-state index in [9.17, 15) is 4.79 Å². The summed E-state index contributed by atoms with van der Waals surface area (Å²) in [4.78, 5) is 13.2. The third-order valence-electron chi connectivity index (χ3n) is 2.62. The van der Waals surface area contributed by atoms with Crippen molar-refractivity contribution in [2.45, 2.75) is 20.4 Å². The first-order valence-electron chi connectivity index (χ1n) is 5.81. The van der Waals surface area contributed by atoms with Crippen LogP contribution >= 0.6 is 11.3 Å². The van der Waals surface area contributed by atoms with Crippen LogP contribution in [0.15, 0.2) is 34.4 Å². The van der Waals surface area contributed by atoms with Crippen LogP contribution in [0.25, 0.3) is 10.6 Å². The van der Waals surface area contributed by atoms with E-state index in [0.717, 1.165) is 10.6 Å². The normalized spacial score (nSPS) is 10.6. The average Bonchev–Trinajstić information content (AvgIpc) is 2.84. The van der Waals surface area contributed by atoms with E-state index in [1.54, 1.807) is 22.0 Å². The number of aromatic nitrogens is 1. The van der Waals surface area contributed by atoms with Crippen LogP contribution in [0.3, 0.4) is 0 Å². The van der Waals surface area contributed by atoms with Gasteiger partial charge in [-0.1, -0.05) is 19.9 Å². The van der Waals surface area contributed by atoms with Gasteiger partial charge in [-0.25, -0.2) is 0 Å². The first-order chi connectivity index (χ1) is 8.63. The van der Waals surface area contributed by atoms with E-state index < -0.39 is 0 Å². The van der Waals surface area contributed by atoms with E-state index in [1.165, 1.54) is 0 Å². The fourth-order valence-corrected chi connectivity index (χ4v) is 2.61. The predicted molar refractivity (Wildman–Crippen MR) is 73.6 cm³/mol. The Labute approximate surface area is 110 Å². The highest BCUT2D eigenvalue weighted by Crippen LogP contribution is 2.24. The molecule has 18 heavy (non-hydrogen) atoms. The molecule has 2 aromatic heterocycles. The lowest BCUT2D eigenvalue weighted by molar-refractivity contribution is 0.515. The molecule has 0 unspecified atom stereocenters. The minimum atomic E-state index is -0.197. The molecule has 0 aliphatic rings. The molecule has 0 spiro atoms. The van der Waals surface area contributed by atoms with Crippen LogP contribution in [0.1, 0.15) is 19.4 Å². The molecular formula is C14H14N2OS. The lowest BCUT2D eigenvalue weighted by atomic mass is 10.1. The monoisotopic (exact) mass is 258 g/mol. The maximum Gasteiger partial charge on any atom is 0.268 e. The first kappa shape index (κ1) is 12.6. The number of rotatable bonds is 3. The quantitative estimate of drug-likeness (QED) is 0.849. The molecule has 0 radical (unpaired) electrons. The molecule has 92 valence electrons. The van der Waals surface area contributed by atoms with Crippen LogP contribution in [-0.4, -0.2) is 4.57 Å². The van der Waals surface area contributed by atoms with Gasteiger partial charge in [-0.3, -0.25) is 4.79 Å². The lowest BCUT2D eigenvalue weighted by Gasteiger charge is -2.14. The Morgan fingerprint density at radius 1 is 1.39 bits per heavy atom. The van der Waals surface area contributed by atoms with E-state index in [1.807, 2.05) is 29.6 Å². The highest BCUT2D eigenvalue weighted by Gasteiger charge is 2.11. The number of pyridine rings is 1. The zero-order valence-corrected chi connectivity index (χ0v) is 11.2. The van der Waals surface area contributed by atoms with Gasteiger partial charge in [-0.2, -0.15) is 5.26 Å². The van der Waals surface area contributed by atoms with E-state index in [-0.39, 0.29) is 11.1 Å². The van der Waals surface area contributed by atoms with Gasteiger partial charge in [0.05, 0.1) is 10.6 Å². The summed E-state index contributed by atoms with van der Waals surface area (Å²) in [5.74, 6) is 0.357. The molecule has 3 nitrogen and oxygen atoms in total. The molecular weight excluding hydrogens is 244 g/mol. The molecule has 0 saturated heterocycles. The van der Waals surface area contributed by atoms with Crippen molar-refractivity contribution in [3.8, 4) is 16.6 Å². The molecule has 0 fully saturated rings. The van der Waals surface area contributed by atoms with Crippen molar-refractivity contribution < 1.29 is 0 Å². The lowest BCUT2D eigenvalue weighted by Crippen LogP contribution is -2.25. The van der Waals surface area contributed by atoms with E-state index in [4.69, 9.17) is 5.26 Å². The molecule has 0 atom stereocenters. The SMILES string of the molecule is CC(C)Cn1c(-c2cccs2)ccc(C#N)c1=O. The highest BCUT2D eigenvalue weighted by atomic mass is 32.1. The smallest absolute Gasteiger partial charge is 0.268 e. The van der Waals surface area contributed by atoms with E-state index in [2.05, 4.69) is 13.8 Å². The highest BCUT2D eigenvalue weighted by molar-refractivity contribution is 7.13. The molecule has 4 heteroatoms. The summed E-state index contributed by atoms with van der Waals surface area (Å²) >= 11 is 1.60. The molecule has 2 rings (SSSR count). The van der Waals surface area contributed by atoms with Gasteiger partial charge < -0.3 is 4.57 Å². The van der Waals surface area contributed by atoms with E-state index in [0.29, 0.717) is 12.5 Å². The van der Waals surface area contributed by atoms with Crippen LogP contribution in [0, 0.1) is 17.2 Å². The molecule has 0 aliphatic heterocycles. The number of nitriles is 1. The Kier molecular flexibility index (Phi) is 3.63. The fourth-order valence-electron chi connectivity index (χ4n) is 1.85. The van der Waals surface area contributed by atoms with Crippen molar-refractivity contribution in [3.63, 3.8) is 0 Å². The van der Waals surface area contributed by atoms with Gasteiger partial charge in [-0.05, 0) is 29.5 Å². The summed E-state index contributed by atoms with van der Waals surface area (Å²) < 4.78 is 1.70. The van der Waals surface area contributed by atoms with Crippen molar-refractivity contribution >= 4 is 11.3 Å². The van der Waals surface area contributed by atoms with E-state index >= 15 is 0 Å². The molecule has 0 bridgehead atoms. The second-order valence-electron chi connectivity index (χ2n) is 4.53. The minimum Gasteiger partial charge on any atom is -0.306 e. The van der Waals surface area contributed by atoms with Crippen LogP contribution in [0.4, 0.5) is 0 Å². The second kappa shape index (κ2) is 5.19. The summed E-state index contributed by atoms with van der Waals surface area (Å²) in [6, 6.07) is 9.36. The number of thiophene rings is 1. The summed E-state index contributed by atoms with van der Waals surface area (Å²) in [5.41, 5.74) is 0.899. The molecule has 0 amide bonds. The number of nitrogens with zero attached hydrogens (tertiary/aromatic N) is 2.